The molecule has 0 aromatic carbocycles. The van der Waals surface area contributed by atoms with Crippen LogP contribution in [0.5, 0.6) is 0 Å². The zero-order valence-electron chi connectivity index (χ0n) is 50.1. The van der Waals surface area contributed by atoms with Crippen LogP contribution in [0.15, 0.2) is 134 Å². The van der Waals surface area contributed by atoms with Crippen LogP contribution in [0.3, 0.4) is 0 Å². The maximum absolute atomic E-state index is 13.0. The number of phosphoric acid groups is 1. The predicted octanol–water partition coefficient (Wildman–Crippen LogP) is 18.9. The highest BCUT2D eigenvalue weighted by atomic mass is 31.2. The van der Waals surface area contributed by atoms with Crippen molar-refractivity contribution in [2.75, 3.05) is 40.9 Å². The molecule has 0 aliphatic rings. The highest BCUT2D eigenvalue weighted by Crippen LogP contribution is 2.38. The summed E-state index contributed by atoms with van der Waals surface area (Å²) in [6.45, 7) is 4.50. The SMILES string of the molecule is CC/C=C\C/C=C\C/C=C\C/C=C\C/C=C\C/C=C\C/C=C\C/C=C\C/C=C\CCCCCCCCCCCCCC(=O)NC(COP(=O)([O-])OCC[N+](C)(C)C)C(O)/C=C/CC/C=C/CCCCCCCCCCCC. The fourth-order valence-corrected chi connectivity index (χ4v) is 9.00. The van der Waals surface area contributed by atoms with Gasteiger partial charge in [-0.05, 0) is 103 Å². The topological polar surface area (TPSA) is 108 Å². The average Bonchev–Trinajstić information content (AvgIpc) is 3.39. The Morgan fingerprint density at radius 1 is 0.468 bits per heavy atom. The van der Waals surface area contributed by atoms with Gasteiger partial charge in [-0.3, -0.25) is 9.36 Å². The molecule has 0 heterocycles. The highest BCUT2D eigenvalue weighted by molar-refractivity contribution is 7.45. The Bertz CT molecular complexity index is 1710. The number of likely N-dealkylation sites (N-methyl/N-ethyl adjacent to an activating group) is 1. The number of hydrogen-bond acceptors (Lipinski definition) is 6. The number of carbonyl (C=O) groups is 1. The third kappa shape index (κ3) is 60.1. The summed E-state index contributed by atoms with van der Waals surface area (Å²) in [5.74, 6) is -0.215. The smallest absolute Gasteiger partial charge is 0.268 e. The van der Waals surface area contributed by atoms with Crippen molar-refractivity contribution in [2.45, 2.75) is 251 Å². The molecule has 440 valence electrons. The van der Waals surface area contributed by atoms with Gasteiger partial charge in [-0.15, -0.1) is 0 Å². The third-order valence-corrected chi connectivity index (χ3v) is 14.1. The van der Waals surface area contributed by atoms with Crippen LogP contribution in [0.4, 0.5) is 0 Å². The second-order valence-electron chi connectivity index (χ2n) is 21.7. The largest absolute Gasteiger partial charge is 0.756 e. The number of aliphatic hydroxyl groups excluding tert-OH is 1. The van der Waals surface area contributed by atoms with Gasteiger partial charge >= 0.3 is 0 Å². The Hall–Kier alpha value is -3.36. The third-order valence-electron chi connectivity index (χ3n) is 13.1. The first-order valence-electron chi connectivity index (χ1n) is 31.0. The zero-order valence-corrected chi connectivity index (χ0v) is 51.0. The van der Waals surface area contributed by atoms with Crippen molar-refractivity contribution in [2.24, 2.45) is 0 Å². The van der Waals surface area contributed by atoms with Gasteiger partial charge in [0.25, 0.3) is 7.82 Å². The van der Waals surface area contributed by atoms with E-state index in [1.165, 1.54) is 116 Å². The van der Waals surface area contributed by atoms with E-state index in [4.69, 9.17) is 9.05 Å². The van der Waals surface area contributed by atoms with Crippen molar-refractivity contribution in [1.29, 1.82) is 0 Å². The van der Waals surface area contributed by atoms with Crippen LogP contribution in [-0.4, -0.2) is 68.5 Å². The van der Waals surface area contributed by atoms with Crippen LogP contribution in [0.2, 0.25) is 0 Å². The first kappa shape index (κ1) is 73.6. The lowest BCUT2D eigenvalue weighted by Crippen LogP contribution is -2.45. The van der Waals surface area contributed by atoms with Crippen LogP contribution in [0, 0.1) is 0 Å². The maximum atomic E-state index is 13.0. The molecule has 0 aromatic heterocycles. The molecule has 2 N–H and O–H groups in total. The summed E-state index contributed by atoms with van der Waals surface area (Å²) in [4.78, 5) is 25.5. The quantitative estimate of drug-likeness (QED) is 0.0272. The first-order chi connectivity index (χ1) is 37.5. The number of aliphatic hydroxyl groups is 1. The van der Waals surface area contributed by atoms with Crippen molar-refractivity contribution in [3.63, 3.8) is 0 Å². The lowest BCUT2D eigenvalue weighted by Gasteiger charge is -2.29. The summed E-state index contributed by atoms with van der Waals surface area (Å²) in [6.07, 6.45) is 86.9. The minimum atomic E-state index is -4.61. The number of carbonyl (C=O) groups excluding carboxylic acids is 1. The van der Waals surface area contributed by atoms with Gasteiger partial charge in [0.2, 0.25) is 5.91 Å². The van der Waals surface area contributed by atoms with Crippen LogP contribution >= 0.6 is 7.82 Å². The van der Waals surface area contributed by atoms with Gasteiger partial charge in [-0.1, -0.05) is 263 Å². The van der Waals surface area contributed by atoms with Gasteiger partial charge in [-0.25, -0.2) is 0 Å². The Balaban J connectivity index is 4.13. The van der Waals surface area contributed by atoms with Crippen molar-refractivity contribution in [3.05, 3.63) is 134 Å². The molecule has 0 fully saturated rings. The molecule has 3 atom stereocenters. The van der Waals surface area contributed by atoms with E-state index >= 15 is 0 Å². The van der Waals surface area contributed by atoms with E-state index in [0.29, 0.717) is 17.4 Å². The van der Waals surface area contributed by atoms with E-state index in [9.17, 15) is 19.4 Å². The molecule has 0 rings (SSSR count). The van der Waals surface area contributed by atoms with E-state index in [0.717, 1.165) is 103 Å². The van der Waals surface area contributed by atoms with Crippen LogP contribution < -0.4 is 10.2 Å². The van der Waals surface area contributed by atoms with E-state index in [-0.39, 0.29) is 12.5 Å². The second kappa shape index (κ2) is 57.3. The number of amides is 1. The minimum absolute atomic E-state index is 0.0126. The molecule has 0 saturated heterocycles. The number of nitrogens with one attached hydrogen (secondary N) is 1. The normalized spacial score (nSPS) is 14.7. The molecule has 8 nitrogen and oxygen atoms in total. The summed E-state index contributed by atoms with van der Waals surface area (Å²) in [7, 11) is 1.23. The second-order valence-corrected chi connectivity index (χ2v) is 23.1. The molecule has 0 radical (unpaired) electrons. The van der Waals surface area contributed by atoms with Gasteiger partial charge in [-0.2, -0.15) is 0 Å². The lowest BCUT2D eigenvalue weighted by molar-refractivity contribution is -0.870. The fourth-order valence-electron chi connectivity index (χ4n) is 8.28. The van der Waals surface area contributed by atoms with Crippen molar-refractivity contribution in [3.8, 4) is 0 Å². The number of phosphoric ester groups is 1. The van der Waals surface area contributed by atoms with Crippen LogP contribution in [-0.2, 0) is 18.4 Å². The van der Waals surface area contributed by atoms with Crippen LogP contribution in [0.1, 0.15) is 239 Å². The molecular weight excluding hydrogens is 972 g/mol. The molecule has 9 heteroatoms. The molecule has 3 unspecified atom stereocenters. The van der Waals surface area contributed by atoms with Gasteiger partial charge in [0.05, 0.1) is 39.9 Å². The monoisotopic (exact) mass is 1090 g/mol. The highest BCUT2D eigenvalue weighted by Gasteiger charge is 2.23. The molecule has 1 amide bonds. The molecule has 0 aliphatic heterocycles. The summed E-state index contributed by atoms with van der Waals surface area (Å²) in [5, 5.41) is 13.9. The standard InChI is InChI=1S/C68H117N2O6P/c1-6-8-10-12-14-16-18-20-22-24-25-26-27-28-29-30-31-32-33-34-35-36-37-38-39-40-41-42-43-44-45-46-48-50-52-54-56-58-60-62-68(72)69-66(65-76-77(73,74)75-64-63-70(3,4)5)67(71)61-59-57-55-53-51-49-47-23-21-19-17-15-13-11-9-7-2/h8,10,14,16,20,22,25-26,28-29,31-32,34-35,37-38,40-41,51,53,59,61,66-67,71H,6-7,9,11-13,15,17-19,21,23-24,27,30,33,36,39,42-50,52,54-58,60,62-65H2,1-5H3,(H-,69,72,73,74)/b10-8-,16-14-,22-20-,26-25-,29-28-,32-31-,35-34-,38-37-,41-40-,53-51+,61-59+. The molecule has 0 spiro atoms. The van der Waals surface area contributed by atoms with E-state index in [1.807, 2.05) is 27.2 Å². The fraction of sp³-hybridized carbons (Fsp3) is 0.662. The van der Waals surface area contributed by atoms with Gasteiger partial charge in [0.1, 0.15) is 13.2 Å². The number of allylic oxidation sites excluding steroid dienone is 21. The molecule has 0 bridgehead atoms. The molecule has 0 saturated carbocycles. The average molecular weight is 1090 g/mol. The van der Waals surface area contributed by atoms with E-state index in [2.05, 4.69) is 141 Å². The Morgan fingerprint density at radius 3 is 1.21 bits per heavy atom. The summed E-state index contributed by atoms with van der Waals surface area (Å²) < 4.78 is 23.3. The van der Waals surface area contributed by atoms with Gasteiger partial charge in [0.15, 0.2) is 0 Å². The number of nitrogens with zero attached hydrogens (tertiary/aromatic N) is 1. The Morgan fingerprint density at radius 2 is 0.805 bits per heavy atom. The first-order valence-corrected chi connectivity index (χ1v) is 32.5. The van der Waals surface area contributed by atoms with Gasteiger partial charge in [0, 0.05) is 6.42 Å². The van der Waals surface area contributed by atoms with E-state index < -0.39 is 26.6 Å². The molecule has 0 aliphatic carbocycles. The van der Waals surface area contributed by atoms with Crippen molar-refractivity contribution in [1.82, 2.24) is 5.32 Å². The molecule has 0 aromatic rings. The minimum Gasteiger partial charge on any atom is -0.756 e. The summed E-state index contributed by atoms with van der Waals surface area (Å²) in [5.41, 5.74) is 0. The zero-order chi connectivity index (χ0) is 56.3. The van der Waals surface area contributed by atoms with E-state index in [1.54, 1.807) is 6.08 Å². The van der Waals surface area contributed by atoms with Gasteiger partial charge < -0.3 is 28.8 Å². The maximum Gasteiger partial charge on any atom is 0.268 e. The lowest BCUT2D eigenvalue weighted by atomic mass is 10.0. The number of rotatable bonds is 55. The summed E-state index contributed by atoms with van der Waals surface area (Å²) in [6, 6.07) is -0.913. The van der Waals surface area contributed by atoms with Crippen LogP contribution in [0.25, 0.3) is 0 Å². The number of unbranched alkanes of at least 4 members (excludes halogenated alkanes) is 22. The number of quaternary nitrogens is 1. The Kier molecular flexibility index (Phi) is 54.8. The number of hydrogen-bond donors (Lipinski definition) is 2. The van der Waals surface area contributed by atoms with Crippen molar-refractivity contribution < 1.29 is 32.9 Å². The summed E-state index contributed by atoms with van der Waals surface area (Å²) >= 11 is 0. The molecule has 77 heavy (non-hydrogen) atoms. The molecular formula is C68H117N2O6P. The van der Waals surface area contributed by atoms with Crippen molar-refractivity contribution >= 4 is 13.7 Å². The Labute approximate surface area is 475 Å². The predicted molar refractivity (Wildman–Crippen MR) is 334 cm³/mol.